The van der Waals surface area contributed by atoms with Crippen LogP contribution < -0.4 is 4.74 Å². The summed E-state index contributed by atoms with van der Waals surface area (Å²) >= 11 is 0. The number of alkyl halides is 3. The highest BCUT2D eigenvalue weighted by atomic mass is 19.4. The Kier molecular flexibility index (Phi) is 8.95. The summed E-state index contributed by atoms with van der Waals surface area (Å²) in [6, 6.07) is 6.55. The van der Waals surface area contributed by atoms with Gasteiger partial charge in [-0.05, 0) is 79.9 Å². The molecular weight excluding hydrogens is 385 g/mol. The van der Waals surface area contributed by atoms with Crippen molar-refractivity contribution in [2.24, 2.45) is 17.8 Å². The molecule has 0 aliphatic heterocycles. The number of ether oxygens (including phenoxy) is 1. The van der Waals surface area contributed by atoms with Crippen molar-refractivity contribution < 1.29 is 17.9 Å². The third-order valence-electron chi connectivity index (χ3n) is 7.63. The largest absolute Gasteiger partial charge is 0.573 e. The van der Waals surface area contributed by atoms with E-state index in [1.807, 2.05) is 12.1 Å². The van der Waals surface area contributed by atoms with E-state index in [9.17, 15) is 13.2 Å². The van der Waals surface area contributed by atoms with Crippen LogP contribution >= 0.6 is 0 Å². The molecular formula is C26H39F3O. The lowest BCUT2D eigenvalue weighted by Crippen LogP contribution is -2.25. The van der Waals surface area contributed by atoms with Crippen molar-refractivity contribution in [3.05, 3.63) is 29.8 Å². The monoisotopic (exact) mass is 424 g/mol. The summed E-state index contributed by atoms with van der Waals surface area (Å²) in [7, 11) is 0. The average molecular weight is 425 g/mol. The second kappa shape index (κ2) is 11.4. The molecule has 0 aromatic heterocycles. The molecule has 30 heavy (non-hydrogen) atoms. The maximum atomic E-state index is 12.3. The van der Waals surface area contributed by atoms with Gasteiger partial charge >= 0.3 is 6.36 Å². The summed E-state index contributed by atoms with van der Waals surface area (Å²) in [5.74, 6) is 3.10. The normalized spacial score (nSPS) is 27.7. The molecule has 1 nitrogen and oxygen atoms in total. The molecule has 0 amide bonds. The van der Waals surface area contributed by atoms with E-state index in [4.69, 9.17) is 0 Å². The molecule has 170 valence electrons. The molecule has 3 rings (SSSR count). The zero-order valence-electron chi connectivity index (χ0n) is 18.6. The van der Waals surface area contributed by atoms with Crippen LogP contribution in [0.2, 0.25) is 0 Å². The Bertz CT molecular complexity index is 594. The minimum absolute atomic E-state index is 0.123. The Morgan fingerprint density at radius 1 is 0.767 bits per heavy atom. The molecule has 0 radical (unpaired) electrons. The summed E-state index contributed by atoms with van der Waals surface area (Å²) in [4.78, 5) is 0. The highest BCUT2D eigenvalue weighted by Crippen LogP contribution is 2.44. The fraction of sp³-hybridized carbons (Fsp3) is 0.769. The highest BCUT2D eigenvalue weighted by molar-refractivity contribution is 5.29. The third kappa shape index (κ3) is 7.50. The van der Waals surface area contributed by atoms with Gasteiger partial charge in [-0.1, -0.05) is 70.4 Å². The summed E-state index contributed by atoms with van der Waals surface area (Å²) in [6.07, 6.45) is 14.4. The molecule has 0 bridgehead atoms. The molecule has 2 aliphatic carbocycles. The lowest BCUT2D eigenvalue weighted by atomic mass is 9.68. The minimum atomic E-state index is -4.62. The van der Waals surface area contributed by atoms with Gasteiger partial charge < -0.3 is 4.74 Å². The Morgan fingerprint density at radius 3 is 1.90 bits per heavy atom. The van der Waals surface area contributed by atoms with E-state index in [1.54, 1.807) is 0 Å². The SMILES string of the molecule is CCCCCCCC1CCC(C2CCC(c3ccc(OC(F)(F)F)cc3)CC2)CC1. The molecule has 1 aromatic carbocycles. The molecule has 0 spiro atoms. The molecule has 0 heterocycles. The number of benzene rings is 1. The van der Waals surface area contributed by atoms with Gasteiger partial charge in [0, 0.05) is 0 Å². The molecule has 1 aromatic rings. The van der Waals surface area contributed by atoms with Gasteiger partial charge in [0.2, 0.25) is 0 Å². The van der Waals surface area contributed by atoms with E-state index < -0.39 is 6.36 Å². The summed E-state index contributed by atoms with van der Waals surface area (Å²) < 4.78 is 41.0. The Labute approximate surface area is 180 Å². The number of halogens is 3. The topological polar surface area (TPSA) is 9.23 Å². The lowest BCUT2D eigenvalue weighted by Gasteiger charge is -2.38. The predicted molar refractivity (Wildman–Crippen MR) is 117 cm³/mol. The van der Waals surface area contributed by atoms with Gasteiger partial charge in [0.1, 0.15) is 5.75 Å². The van der Waals surface area contributed by atoms with E-state index >= 15 is 0 Å². The quantitative estimate of drug-likeness (QED) is 0.359. The third-order valence-corrected chi connectivity index (χ3v) is 7.63. The van der Waals surface area contributed by atoms with Crippen LogP contribution in [0.3, 0.4) is 0 Å². The van der Waals surface area contributed by atoms with Crippen LogP contribution in [0.25, 0.3) is 0 Å². The molecule has 0 atom stereocenters. The standard InChI is InChI=1S/C26H39F3O/c1-2-3-4-5-6-7-20-8-10-21(11-9-20)22-12-14-23(15-13-22)24-16-18-25(19-17-24)30-26(27,28)29/h16-23H,2-15H2,1H3. The summed E-state index contributed by atoms with van der Waals surface area (Å²) in [6.45, 7) is 2.28. The molecule has 2 fully saturated rings. The van der Waals surface area contributed by atoms with Gasteiger partial charge in [-0.25, -0.2) is 0 Å². The highest BCUT2D eigenvalue weighted by Gasteiger charge is 2.32. The first-order valence-electron chi connectivity index (χ1n) is 12.3. The van der Waals surface area contributed by atoms with E-state index in [0.717, 1.165) is 23.3 Å². The predicted octanol–water partition coefficient (Wildman–Crippen LogP) is 9.03. The van der Waals surface area contributed by atoms with Crippen molar-refractivity contribution in [1.82, 2.24) is 0 Å². The molecule has 0 N–H and O–H groups in total. The Hall–Kier alpha value is -1.19. The van der Waals surface area contributed by atoms with Crippen molar-refractivity contribution >= 4 is 0 Å². The number of hydrogen-bond donors (Lipinski definition) is 0. The van der Waals surface area contributed by atoms with Crippen LogP contribution in [0.5, 0.6) is 5.75 Å². The fourth-order valence-corrected chi connectivity index (χ4v) is 5.85. The zero-order valence-corrected chi connectivity index (χ0v) is 18.6. The van der Waals surface area contributed by atoms with Crippen LogP contribution in [0.4, 0.5) is 13.2 Å². The van der Waals surface area contributed by atoms with Crippen LogP contribution in [-0.4, -0.2) is 6.36 Å². The van der Waals surface area contributed by atoms with Crippen molar-refractivity contribution in [1.29, 1.82) is 0 Å². The van der Waals surface area contributed by atoms with Gasteiger partial charge in [-0.3, -0.25) is 0 Å². The summed E-state index contributed by atoms with van der Waals surface area (Å²) in [5.41, 5.74) is 1.16. The number of hydrogen-bond acceptors (Lipinski definition) is 1. The van der Waals surface area contributed by atoms with Gasteiger partial charge in [0.15, 0.2) is 0 Å². The van der Waals surface area contributed by atoms with Crippen LogP contribution in [0, 0.1) is 17.8 Å². The summed E-state index contributed by atoms with van der Waals surface area (Å²) in [5, 5.41) is 0. The second-order valence-electron chi connectivity index (χ2n) is 9.71. The van der Waals surface area contributed by atoms with E-state index in [2.05, 4.69) is 11.7 Å². The fourth-order valence-electron chi connectivity index (χ4n) is 5.85. The van der Waals surface area contributed by atoms with Crippen LogP contribution in [-0.2, 0) is 0 Å². The number of unbranched alkanes of at least 4 members (excludes halogenated alkanes) is 4. The van der Waals surface area contributed by atoms with Gasteiger partial charge in [0.25, 0.3) is 0 Å². The Morgan fingerprint density at radius 2 is 1.33 bits per heavy atom. The van der Waals surface area contributed by atoms with Gasteiger partial charge in [-0.2, -0.15) is 0 Å². The van der Waals surface area contributed by atoms with Gasteiger partial charge in [0.05, 0.1) is 0 Å². The first-order valence-corrected chi connectivity index (χ1v) is 12.3. The van der Waals surface area contributed by atoms with Crippen LogP contribution in [0.1, 0.15) is 108 Å². The molecule has 2 saturated carbocycles. The maximum absolute atomic E-state index is 12.3. The molecule has 0 unspecified atom stereocenters. The van der Waals surface area contributed by atoms with E-state index in [1.165, 1.54) is 102 Å². The van der Waals surface area contributed by atoms with E-state index in [-0.39, 0.29) is 5.75 Å². The van der Waals surface area contributed by atoms with Crippen molar-refractivity contribution in [2.75, 3.05) is 0 Å². The Balaban J connectivity index is 1.36. The second-order valence-corrected chi connectivity index (χ2v) is 9.71. The minimum Gasteiger partial charge on any atom is -0.406 e. The maximum Gasteiger partial charge on any atom is 0.573 e. The smallest absolute Gasteiger partial charge is 0.406 e. The van der Waals surface area contributed by atoms with Crippen molar-refractivity contribution in [3.63, 3.8) is 0 Å². The van der Waals surface area contributed by atoms with Crippen LogP contribution in [0.15, 0.2) is 24.3 Å². The van der Waals surface area contributed by atoms with Crippen molar-refractivity contribution in [3.8, 4) is 5.75 Å². The van der Waals surface area contributed by atoms with E-state index in [0.29, 0.717) is 5.92 Å². The van der Waals surface area contributed by atoms with Crippen molar-refractivity contribution in [2.45, 2.75) is 109 Å². The first-order chi connectivity index (χ1) is 14.4. The first kappa shape index (κ1) is 23.5. The van der Waals surface area contributed by atoms with Gasteiger partial charge in [-0.15, -0.1) is 13.2 Å². The zero-order chi connectivity index (χ0) is 21.4. The number of rotatable bonds is 9. The molecule has 4 heteroatoms. The average Bonchev–Trinajstić information content (AvgIpc) is 2.74. The lowest BCUT2D eigenvalue weighted by molar-refractivity contribution is -0.274. The molecule has 2 aliphatic rings. The molecule has 0 saturated heterocycles.